The van der Waals surface area contributed by atoms with Gasteiger partial charge in [-0.1, -0.05) is 42.0 Å². The van der Waals surface area contributed by atoms with Crippen molar-refractivity contribution in [2.45, 2.75) is 13.8 Å². The molecule has 1 aromatic heterocycles. The van der Waals surface area contributed by atoms with Crippen molar-refractivity contribution in [1.29, 1.82) is 0 Å². The SMILES string of the molecule is Cc1ccc(C(=O)Nc2ccccc2-c2nc3ccccc3[nH]2)c(C)c1. The predicted octanol–water partition coefficient (Wildman–Crippen LogP) is 5.10. The lowest BCUT2D eigenvalue weighted by molar-refractivity contribution is 0.102. The normalized spacial score (nSPS) is 10.8. The first-order chi connectivity index (χ1) is 12.6. The summed E-state index contributed by atoms with van der Waals surface area (Å²) in [6, 6.07) is 21.4. The Kier molecular flexibility index (Phi) is 4.01. The first-order valence-electron chi connectivity index (χ1n) is 8.54. The molecule has 0 bridgehead atoms. The van der Waals surface area contributed by atoms with Crippen LogP contribution in [0.25, 0.3) is 22.4 Å². The highest BCUT2D eigenvalue weighted by molar-refractivity contribution is 6.07. The zero-order valence-electron chi connectivity index (χ0n) is 14.7. The van der Waals surface area contributed by atoms with Crippen molar-refractivity contribution in [3.63, 3.8) is 0 Å². The molecule has 0 radical (unpaired) electrons. The molecule has 0 fully saturated rings. The van der Waals surface area contributed by atoms with Crippen LogP contribution >= 0.6 is 0 Å². The molecule has 0 saturated carbocycles. The Balaban J connectivity index is 1.70. The molecule has 3 aromatic carbocycles. The zero-order chi connectivity index (χ0) is 18.1. The van der Waals surface area contributed by atoms with Gasteiger partial charge in [-0.05, 0) is 49.7 Å². The van der Waals surface area contributed by atoms with Crippen LogP contribution in [0.1, 0.15) is 21.5 Å². The number of imidazole rings is 1. The summed E-state index contributed by atoms with van der Waals surface area (Å²) >= 11 is 0. The van der Waals surface area contributed by atoms with Gasteiger partial charge in [-0.25, -0.2) is 4.98 Å². The Bertz CT molecular complexity index is 1080. The molecule has 0 spiro atoms. The number of hydrogen-bond donors (Lipinski definition) is 2. The molecule has 4 heteroatoms. The van der Waals surface area contributed by atoms with Crippen LogP contribution in [-0.2, 0) is 0 Å². The maximum atomic E-state index is 12.8. The fourth-order valence-electron chi connectivity index (χ4n) is 3.14. The smallest absolute Gasteiger partial charge is 0.255 e. The Hall–Kier alpha value is -3.40. The maximum Gasteiger partial charge on any atom is 0.255 e. The largest absolute Gasteiger partial charge is 0.338 e. The molecule has 0 aliphatic rings. The Morgan fingerprint density at radius 3 is 2.54 bits per heavy atom. The van der Waals surface area contributed by atoms with Gasteiger partial charge in [0.25, 0.3) is 5.91 Å². The molecule has 0 aliphatic heterocycles. The van der Waals surface area contributed by atoms with Crippen molar-refractivity contribution >= 4 is 22.6 Å². The van der Waals surface area contributed by atoms with Gasteiger partial charge in [0.2, 0.25) is 0 Å². The van der Waals surface area contributed by atoms with Crippen molar-refractivity contribution in [2.24, 2.45) is 0 Å². The molecule has 1 amide bonds. The summed E-state index contributed by atoms with van der Waals surface area (Å²) in [5.41, 5.74) is 6.25. The Morgan fingerprint density at radius 2 is 1.73 bits per heavy atom. The van der Waals surface area contributed by atoms with E-state index in [-0.39, 0.29) is 5.91 Å². The second-order valence-electron chi connectivity index (χ2n) is 6.42. The van der Waals surface area contributed by atoms with Gasteiger partial charge >= 0.3 is 0 Å². The second-order valence-corrected chi connectivity index (χ2v) is 6.42. The van der Waals surface area contributed by atoms with Crippen LogP contribution in [0.4, 0.5) is 5.69 Å². The van der Waals surface area contributed by atoms with Gasteiger partial charge in [-0.3, -0.25) is 4.79 Å². The van der Waals surface area contributed by atoms with Crippen LogP contribution in [0, 0.1) is 13.8 Å². The number of rotatable bonds is 3. The molecule has 4 aromatic rings. The van der Waals surface area contributed by atoms with E-state index >= 15 is 0 Å². The van der Waals surface area contributed by atoms with E-state index < -0.39 is 0 Å². The minimum absolute atomic E-state index is 0.119. The van der Waals surface area contributed by atoms with Crippen LogP contribution in [0.5, 0.6) is 0 Å². The molecule has 1 heterocycles. The van der Waals surface area contributed by atoms with Gasteiger partial charge in [0.15, 0.2) is 0 Å². The Labute approximate surface area is 151 Å². The molecule has 0 aliphatic carbocycles. The molecule has 0 unspecified atom stereocenters. The maximum absolute atomic E-state index is 12.8. The summed E-state index contributed by atoms with van der Waals surface area (Å²) in [4.78, 5) is 20.7. The van der Waals surface area contributed by atoms with Crippen LogP contribution in [-0.4, -0.2) is 15.9 Å². The zero-order valence-corrected chi connectivity index (χ0v) is 14.7. The molecule has 128 valence electrons. The quantitative estimate of drug-likeness (QED) is 0.545. The second kappa shape index (κ2) is 6.48. The number of anilines is 1. The van der Waals surface area contributed by atoms with Crippen LogP contribution in [0.2, 0.25) is 0 Å². The number of amides is 1. The van der Waals surface area contributed by atoms with E-state index in [1.54, 1.807) is 0 Å². The molecule has 4 rings (SSSR count). The molecular weight excluding hydrogens is 322 g/mol. The number of nitrogens with zero attached hydrogens (tertiary/aromatic N) is 1. The Morgan fingerprint density at radius 1 is 0.962 bits per heavy atom. The molecule has 0 saturated heterocycles. The van der Waals surface area contributed by atoms with Crippen LogP contribution in [0.3, 0.4) is 0 Å². The summed E-state index contributed by atoms with van der Waals surface area (Å²) in [6.45, 7) is 3.97. The average Bonchev–Trinajstić information content (AvgIpc) is 3.06. The number of aromatic nitrogens is 2. The number of fused-ring (bicyclic) bond motifs is 1. The monoisotopic (exact) mass is 341 g/mol. The number of aromatic amines is 1. The number of carbonyl (C=O) groups is 1. The van der Waals surface area contributed by atoms with E-state index in [2.05, 4.69) is 15.3 Å². The predicted molar refractivity (Wildman–Crippen MR) is 105 cm³/mol. The van der Waals surface area contributed by atoms with E-state index in [4.69, 9.17) is 0 Å². The molecule has 26 heavy (non-hydrogen) atoms. The number of carbonyl (C=O) groups excluding carboxylic acids is 1. The van der Waals surface area contributed by atoms with E-state index in [1.165, 1.54) is 0 Å². The van der Waals surface area contributed by atoms with Crippen LogP contribution in [0.15, 0.2) is 66.7 Å². The highest BCUT2D eigenvalue weighted by atomic mass is 16.1. The minimum atomic E-state index is -0.119. The highest BCUT2D eigenvalue weighted by Gasteiger charge is 2.14. The fourth-order valence-corrected chi connectivity index (χ4v) is 3.14. The van der Waals surface area contributed by atoms with Gasteiger partial charge in [0.1, 0.15) is 5.82 Å². The fraction of sp³-hybridized carbons (Fsp3) is 0.0909. The molecule has 0 atom stereocenters. The summed E-state index contributed by atoms with van der Waals surface area (Å²) in [5.74, 6) is 0.619. The lowest BCUT2D eigenvalue weighted by atomic mass is 10.0. The average molecular weight is 341 g/mol. The van der Waals surface area contributed by atoms with Crippen molar-refractivity contribution in [3.8, 4) is 11.4 Å². The number of H-pyrrole nitrogens is 1. The van der Waals surface area contributed by atoms with Crippen molar-refractivity contribution in [1.82, 2.24) is 9.97 Å². The third kappa shape index (κ3) is 2.97. The van der Waals surface area contributed by atoms with Crippen LogP contribution < -0.4 is 5.32 Å². The number of hydrogen-bond acceptors (Lipinski definition) is 2. The molecule has 4 nitrogen and oxygen atoms in total. The van der Waals surface area contributed by atoms with E-state index in [0.29, 0.717) is 5.56 Å². The molecule has 2 N–H and O–H groups in total. The van der Waals surface area contributed by atoms with Crippen molar-refractivity contribution in [3.05, 3.63) is 83.4 Å². The first kappa shape index (κ1) is 16.1. The standard InChI is InChI=1S/C22H19N3O/c1-14-11-12-16(15(2)13-14)22(26)25-18-8-4-3-7-17(18)21-23-19-9-5-6-10-20(19)24-21/h3-13H,1-2H3,(H,23,24)(H,25,26). The summed E-state index contributed by atoms with van der Waals surface area (Å²) in [5, 5.41) is 3.03. The lowest BCUT2D eigenvalue weighted by Gasteiger charge is -2.11. The number of para-hydroxylation sites is 3. The minimum Gasteiger partial charge on any atom is -0.338 e. The van der Waals surface area contributed by atoms with E-state index in [9.17, 15) is 4.79 Å². The highest BCUT2D eigenvalue weighted by Crippen LogP contribution is 2.28. The van der Waals surface area contributed by atoms with Gasteiger partial charge in [0.05, 0.1) is 16.7 Å². The van der Waals surface area contributed by atoms with Gasteiger partial charge in [-0.2, -0.15) is 0 Å². The first-order valence-corrected chi connectivity index (χ1v) is 8.54. The lowest BCUT2D eigenvalue weighted by Crippen LogP contribution is -2.14. The van der Waals surface area contributed by atoms with Crippen molar-refractivity contribution in [2.75, 3.05) is 5.32 Å². The van der Waals surface area contributed by atoms with Crippen molar-refractivity contribution < 1.29 is 4.79 Å². The van der Waals surface area contributed by atoms with Gasteiger partial charge in [-0.15, -0.1) is 0 Å². The third-order valence-electron chi connectivity index (χ3n) is 4.45. The number of nitrogens with one attached hydrogen (secondary N) is 2. The van der Waals surface area contributed by atoms with Gasteiger partial charge in [0, 0.05) is 11.1 Å². The summed E-state index contributed by atoms with van der Waals surface area (Å²) in [6.07, 6.45) is 0. The van der Waals surface area contributed by atoms with E-state index in [0.717, 1.165) is 39.2 Å². The molecular formula is C22H19N3O. The van der Waals surface area contributed by atoms with Gasteiger partial charge < -0.3 is 10.3 Å². The number of benzene rings is 3. The van der Waals surface area contributed by atoms with E-state index in [1.807, 2.05) is 80.6 Å². The summed E-state index contributed by atoms with van der Waals surface area (Å²) < 4.78 is 0. The topological polar surface area (TPSA) is 57.8 Å². The number of aryl methyl sites for hydroxylation is 2. The summed E-state index contributed by atoms with van der Waals surface area (Å²) in [7, 11) is 0. The third-order valence-corrected chi connectivity index (χ3v) is 4.45.